The van der Waals surface area contributed by atoms with Crippen molar-refractivity contribution in [2.75, 3.05) is 11.9 Å². The van der Waals surface area contributed by atoms with Crippen LogP contribution in [0.5, 0.6) is 0 Å². The molecule has 27 heavy (non-hydrogen) atoms. The second-order valence-electron chi connectivity index (χ2n) is 6.58. The molecule has 0 heterocycles. The van der Waals surface area contributed by atoms with Crippen molar-refractivity contribution in [2.24, 2.45) is 5.92 Å². The van der Waals surface area contributed by atoms with Crippen molar-refractivity contribution in [1.82, 2.24) is 5.32 Å². The van der Waals surface area contributed by atoms with E-state index in [1.54, 1.807) is 24.3 Å². The Balaban J connectivity index is 1.61. The van der Waals surface area contributed by atoms with Gasteiger partial charge in [0, 0.05) is 0 Å². The van der Waals surface area contributed by atoms with Gasteiger partial charge in [-0.3, -0.25) is 14.4 Å². The van der Waals surface area contributed by atoms with Crippen LogP contribution < -0.4 is 10.6 Å². The number of ether oxygens (including phenoxy) is 1. The van der Waals surface area contributed by atoms with Gasteiger partial charge in [-0.2, -0.15) is 0 Å². The molecule has 0 radical (unpaired) electrons. The molecule has 2 amide bonds. The molecule has 3 rings (SSSR count). The molecule has 2 aromatic rings. The van der Waals surface area contributed by atoms with Crippen molar-refractivity contribution >= 4 is 23.5 Å². The third-order valence-corrected chi connectivity index (χ3v) is 4.35. The molecule has 6 heteroatoms. The minimum atomic E-state index is -0.472. The van der Waals surface area contributed by atoms with Crippen molar-refractivity contribution in [3.8, 4) is 0 Å². The number of amides is 2. The lowest BCUT2D eigenvalue weighted by Gasteiger charge is -2.16. The molecule has 1 aliphatic carbocycles. The number of nitrogens with one attached hydrogen (secondary N) is 2. The molecule has 1 fully saturated rings. The lowest BCUT2D eigenvalue weighted by molar-refractivity contribution is -0.148. The number of carbonyl (C=O) groups is 3. The normalized spacial score (nSPS) is 14.1. The largest absolute Gasteiger partial charge is 0.455 e. The predicted molar refractivity (Wildman–Crippen MR) is 101 cm³/mol. The minimum absolute atomic E-state index is 0.0599. The van der Waals surface area contributed by atoms with Crippen LogP contribution in [-0.2, 0) is 14.3 Å². The summed E-state index contributed by atoms with van der Waals surface area (Å²) in [5.74, 6) is -1.17. The van der Waals surface area contributed by atoms with Crippen molar-refractivity contribution in [1.29, 1.82) is 0 Å². The molecule has 6 nitrogen and oxygen atoms in total. The van der Waals surface area contributed by atoms with Gasteiger partial charge in [-0.1, -0.05) is 42.5 Å². The smallest absolute Gasteiger partial charge is 0.309 e. The third kappa shape index (κ3) is 5.17. The van der Waals surface area contributed by atoms with Gasteiger partial charge in [-0.15, -0.1) is 0 Å². The first kappa shape index (κ1) is 18.6. The summed E-state index contributed by atoms with van der Waals surface area (Å²) >= 11 is 0. The van der Waals surface area contributed by atoms with E-state index in [0.717, 1.165) is 18.4 Å². The van der Waals surface area contributed by atoms with Gasteiger partial charge in [-0.25, -0.2) is 0 Å². The lowest BCUT2D eigenvalue weighted by Crippen LogP contribution is -2.28. The summed E-state index contributed by atoms with van der Waals surface area (Å²) in [7, 11) is 0. The van der Waals surface area contributed by atoms with E-state index in [9.17, 15) is 14.4 Å². The van der Waals surface area contributed by atoms with Gasteiger partial charge in [0.1, 0.15) is 0 Å². The maximum Gasteiger partial charge on any atom is 0.309 e. The van der Waals surface area contributed by atoms with Crippen LogP contribution in [0.2, 0.25) is 0 Å². The number of hydrogen-bond acceptors (Lipinski definition) is 4. The second-order valence-corrected chi connectivity index (χ2v) is 6.58. The highest BCUT2D eigenvalue weighted by Crippen LogP contribution is 2.30. The van der Waals surface area contributed by atoms with Crippen molar-refractivity contribution < 1.29 is 19.1 Å². The van der Waals surface area contributed by atoms with Gasteiger partial charge >= 0.3 is 5.97 Å². The number of carbonyl (C=O) groups excluding carboxylic acids is 3. The molecule has 2 N–H and O–H groups in total. The van der Waals surface area contributed by atoms with Gasteiger partial charge in [0.25, 0.3) is 11.8 Å². The average Bonchev–Trinajstić information content (AvgIpc) is 3.52. The summed E-state index contributed by atoms with van der Waals surface area (Å²) in [6.07, 6.45) is 1.64. The molecule has 0 aliphatic heterocycles. The fraction of sp³-hybridized carbons (Fsp3) is 0.286. The molecular formula is C21H22N2O4. The maximum atomic E-state index is 12.6. The van der Waals surface area contributed by atoms with Crippen LogP contribution in [0.15, 0.2) is 54.6 Å². The topological polar surface area (TPSA) is 84.5 Å². The van der Waals surface area contributed by atoms with Crippen LogP contribution in [0.25, 0.3) is 0 Å². The number of benzene rings is 2. The Kier molecular flexibility index (Phi) is 5.86. The van der Waals surface area contributed by atoms with E-state index in [4.69, 9.17) is 4.74 Å². The maximum absolute atomic E-state index is 12.6. The van der Waals surface area contributed by atoms with Crippen molar-refractivity contribution in [3.05, 3.63) is 65.7 Å². The number of anilines is 1. The van der Waals surface area contributed by atoms with E-state index >= 15 is 0 Å². The standard InChI is InChI=1S/C21H22N2O4/c1-14(15-7-3-2-4-8-15)22-20(25)17-9-5-6-10-18(17)23-19(24)13-27-21(26)16-11-12-16/h2-10,14,16H,11-13H2,1H3,(H,22,25)(H,23,24)/t14-/m1/s1. The van der Waals surface area contributed by atoms with E-state index in [0.29, 0.717) is 11.3 Å². The van der Waals surface area contributed by atoms with Gasteiger partial charge in [-0.05, 0) is 37.5 Å². The molecule has 0 saturated heterocycles. The summed E-state index contributed by atoms with van der Waals surface area (Å²) in [5.41, 5.74) is 1.71. The molecule has 0 aromatic heterocycles. The monoisotopic (exact) mass is 366 g/mol. The van der Waals surface area contributed by atoms with Gasteiger partial charge in [0.2, 0.25) is 0 Å². The van der Waals surface area contributed by atoms with E-state index < -0.39 is 5.91 Å². The zero-order valence-electron chi connectivity index (χ0n) is 15.1. The Morgan fingerprint density at radius 3 is 2.41 bits per heavy atom. The predicted octanol–water partition coefficient (Wildman–Crippen LogP) is 3.07. The third-order valence-electron chi connectivity index (χ3n) is 4.35. The van der Waals surface area contributed by atoms with Gasteiger partial charge in [0.05, 0.1) is 23.2 Å². The lowest BCUT2D eigenvalue weighted by atomic mass is 10.1. The van der Waals surface area contributed by atoms with Crippen LogP contribution in [0, 0.1) is 5.92 Å². The van der Waals surface area contributed by atoms with Crippen molar-refractivity contribution in [3.63, 3.8) is 0 Å². The molecule has 0 spiro atoms. The number of para-hydroxylation sites is 1. The van der Waals surface area contributed by atoms with Gasteiger partial charge < -0.3 is 15.4 Å². The zero-order valence-corrected chi connectivity index (χ0v) is 15.1. The SMILES string of the molecule is C[C@@H](NC(=O)c1ccccc1NC(=O)COC(=O)C1CC1)c1ccccc1. The van der Waals surface area contributed by atoms with Gasteiger partial charge in [0.15, 0.2) is 6.61 Å². The highest BCUT2D eigenvalue weighted by atomic mass is 16.5. The van der Waals surface area contributed by atoms with E-state index in [2.05, 4.69) is 10.6 Å². The Morgan fingerprint density at radius 2 is 1.70 bits per heavy atom. The van der Waals surface area contributed by atoms with E-state index in [1.807, 2.05) is 37.3 Å². The molecule has 2 aromatic carbocycles. The second kappa shape index (κ2) is 8.49. The van der Waals surface area contributed by atoms with Crippen LogP contribution in [0.4, 0.5) is 5.69 Å². The molecule has 1 aliphatic rings. The molecular weight excluding hydrogens is 344 g/mol. The summed E-state index contributed by atoms with van der Waals surface area (Å²) in [4.78, 5) is 36.2. The Labute approximate surface area is 157 Å². The summed E-state index contributed by atoms with van der Waals surface area (Å²) < 4.78 is 4.97. The van der Waals surface area contributed by atoms with Crippen LogP contribution in [0.1, 0.15) is 41.7 Å². The molecule has 140 valence electrons. The molecule has 0 unspecified atom stereocenters. The quantitative estimate of drug-likeness (QED) is 0.738. The van der Waals surface area contributed by atoms with E-state index in [-0.39, 0.29) is 30.4 Å². The van der Waals surface area contributed by atoms with E-state index in [1.165, 1.54) is 0 Å². The Hall–Kier alpha value is -3.15. The number of hydrogen-bond donors (Lipinski definition) is 2. The minimum Gasteiger partial charge on any atom is -0.455 e. The van der Waals surface area contributed by atoms with Crippen LogP contribution in [0.3, 0.4) is 0 Å². The molecule has 1 saturated carbocycles. The highest BCUT2D eigenvalue weighted by Gasteiger charge is 2.31. The highest BCUT2D eigenvalue weighted by molar-refractivity contribution is 6.04. The molecule has 1 atom stereocenters. The summed E-state index contributed by atoms with van der Waals surface area (Å²) in [6.45, 7) is 1.54. The number of rotatable bonds is 7. The summed E-state index contributed by atoms with van der Waals surface area (Å²) in [5, 5.41) is 5.57. The fourth-order valence-electron chi connectivity index (χ4n) is 2.65. The Morgan fingerprint density at radius 1 is 1.04 bits per heavy atom. The van der Waals surface area contributed by atoms with Crippen LogP contribution in [-0.4, -0.2) is 24.4 Å². The van der Waals surface area contributed by atoms with Crippen LogP contribution >= 0.6 is 0 Å². The first-order valence-electron chi connectivity index (χ1n) is 8.96. The van der Waals surface area contributed by atoms with Crippen molar-refractivity contribution in [2.45, 2.75) is 25.8 Å². The Bertz CT molecular complexity index is 831. The average molecular weight is 366 g/mol. The number of esters is 1. The first-order valence-corrected chi connectivity index (χ1v) is 8.96. The molecule has 0 bridgehead atoms. The fourth-order valence-corrected chi connectivity index (χ4v) is 2.65. The summed E-state index contributed by atoms with van der Waals surface area (Å²) in [6, 6.07) is 16.2. The zero-order chi connectivity index (χ0) is 19.2. The first-order chi connectivity index (χ1) is 13.0.